The van der Waals surface area contributed by atoms with Crippen LogP contribution in [-0.4, -0.2) is 26.1 Å². The lowest BCUT2D eigenvalue weighted by Crippen LogP contribution is -2.37. The van der Waals surface area contributed by atoms with Crippen LogP contribution in [0.1, 0.15) is 43.0 Å². The second-order valence-electron chi connectivity index (χ2n) is 9.17. The molecule has 1 N–H and O–H groups in total. The number of rotatable bonds is 3. The summed E-state index contributed by atoms with van der Waals surface area (Å²) in [4.78, 5) is 25.2. The van der Waals surface area contributed by atoms with Gasteiger partial charge in [-0.05, 0) is 42.5 Å². The topological polar surface area (TPSA) is 107 Å². The molecule has 7 nitrogen and oxygen atoms in total. The molecule has 0 saturated heterocycles. The number of nitrogens with one attached hydrogen (secondary N) is 1. The second-order valence-corrected chi connectivity index (χ2v) is 11.1. The highest BCUT2D eigenvalue weighted by molar-refractivity contribution is 7.94. The van der Waals surface area contributed by atoms with E-state index >= 15 is 0 Å². The molecule has 0 radical (unpaired) electrons. The number of furan rings is 1. The van der Waals surface area contributed by atoms with Gasteiger partial charge >= 0.3 is 5.63 Å². The van der Waals surface area contributed by atoms with Crippen molar-refractivity contribution in [1.29, 1.82) is 0 Å². The summed E-state index contributed by atoms with van der Waals surface area (Å²) in [5, 5.41) is 5.39. The first kappa shape index (κ1) is 21.4. The Labute approximate surface area is 180 Å². The number of benzene rings is 1. The number of fused-ring (bicyclic) bond motifs is 3. The van der Waals surface area contributed by atoms with Crippen molar-refractivity contribution < 1.29 is 22.0 Å². The van der Waals surface area contributed by atoms with E-state index in [0.717, 1.165) is 21.9 Å². The summed E-state index contributed by atoms with van der Waals surface area (Å²) in [6.45, 7) is 10.0. The van der Waals surface area contributed by atoms with Crippen LogP contribution >= 0.6 is 0 Å². The van der Waals surface area contributed by atoms with Crippen LogP contribution in [0.25, 0.3) is 21.9 Å². The maximum absolute atomic E-state index is 12.7. The van der Waals surface area contributed by atoms with Gasteiger partial charge < -0.3 is 14.2 Å². The van der Waals surface area contributed by atoms with E-state index in [2.05, 4.69) is 26.1 Å². The highest BCUT2D eigenvalue weighted by Crippen LogP contribution is 2.38. The summed E-state index contributed by atoms with van der Waals surface area (Å²) in [5.74, 6) is -0.619. The Bertz CT molecular complexity index is 1420. The van der Waals surface area contributed by atoms with Crippen LogP contribution in [0.4, 0.5) is 0 Å². The fourth-order valence-electron chi connectivity index (χ4n) is 4.13. The summed E-state index contributed by atoms with van der Waals surface area (Å²) in [7, 11) is -3.29. The average molecular weight is 444 g/mol. The zero-order valence-corrected chi connectivity index (χ0v) is 19.0. The van der Waals surface area contributed by atoms with Crippen molar-refractivity contribution in [2.45, 2.75) is 52.5 Å². The number of carbonyl (C=O) groups is 1. The predicted molar refractivity (Wildman–Crippen MR) is 119 cm³/mol. The van der Waals surface area contributed by atoms with E-state index in [-0.39, 0.29) is 23.2 Å². The molecule has 3 heterocycles. The molecule has 164 valence electrons. The Morgan fingerprint density at radius 1 is 1.23 bits per heavy atom. The average Bonchev–Trinajstić information content (AvgIpc) is 3.22. The number of hydrogen-bond donors (Lipinski definition) is 1. The number of amides is 1. The molecule has 0 fully saturated rings. The van der Waals surface area contributed by atoms with Gasteiger partial charge in [0.2, 0.25) is 5.91 Å². The summed E-state index contributed by atoms with van der Waals surface area (Å²) in [5.41, 5.74) is 3.18. The monoisotopic (exact) mass is 443 g/mol. The molecule has 1 aliphatic rings. The molecular weight excluding hydrogens is 418 g/mol. The quantitative estimate of drug-likeness (QED) is 0.622. The summed E-state index contributed by atoms with van der Waals surface area (Å²) in [6, 6.07) is 1.23. The van der Waals surface area contributed by atoms with E-state index in [0.29, 0.717) is 22.1 Å². The third-order valence-corrected chi connectivity index (χ3v) is 7.10. The number of sulfone groups is 1. The van der Waals surface area contributed by atoms with Gasteiger partial charge in [0, 0.05) is 16.4 Å². The second kappa shape index (κ2) is 7.09. The van der Waals surface area contributed by atoms with Gasteiger partial charge in [0.1, 0.15) is 11.2 Å². The first-order chi connectivity index (χ1) is 14.4. The van der Waals surface area contributed by atoms with Gasteiger partial charge in [-0.3, -0.25) is 4.79 Å². The molecule has 1 aromatic carbocycles. The van der Waals surface area contributed by atoms with Crippen LogP contribution < -0.4 is 10.9 Å². The van der Waals surface area contributed by atoms with Crippen molar-refractivity contribution >= 4 is 37.7 Å². The normalized spacial score (nSPS) is 18.2. The van der Waals surface area contributed by atoms with E-state index in [9.17, 15) is 18.0 Å². The van der Waals surface area contributed by atoms with E-state index < -0.39 is 27.4 Å². The molecule has 31 heavy (non-hydrogen) atoms. The molecule has 0 bridgehead atoms. The lowest BCUT2D eigenvalue weighted by atomic mass is 9.85. The molecule has 0 spiro atoms. The predicted octanol–water partition coefficient (Wildman–Crippen LogP) is 3.42. The molecule has 0 saturated carbocycles. The van der Waals surface area contributed by atoms with Gasteiger partial charge in [-0.25, -0.2) is 13.2 Å². The van der Waals surface area contributed by atoms with Crippen LogP contribution in [0.3, 0.4) is 0 Å². The van der Waals surface area contributed by atoms with Crippen LogP contribution in [0, 0.1) is 13.8 Å². The summed E-state index contributed by atoms with van der Waals surface area (Å²) < 4.78 is 34.6. The minimum Gasteiger partial charge on any atom is -0.463 e. The fraction of sp³-hybridized carbons (Fsp3) is 0.391. The zero-order chi connectivity index (χ0) is 22.7. The molecular formula is C23H25NO6S. The minimum absolute atomic E-state index is 0.134. The summed E-state index contributed by atoms with van der Waals surface area (Å²) >= 11 is 0. The molecule has 2 aromatic heterocycles. The highest BCUT2D eigenvalue weighted by atomic mass is 32.2. The van der Waals surface area contributed by atoms with E-state index in [1.165, 1.54) is 6.08 Å². The van der Waals surface area contributed by atoms with Crippen LogP contribution in [0.5, 0.6) is 0 Å². The Morgan fingerprint density at radius 2 is 1.94 bits per heavy atom. The smallest absolute Gasteiger partial charge is 0.340 e. The third kappa shape index (κ3) is 3.80. The van der Waals surface area contributed by atoms with Crippen LogP contribution in [0.2, 0.25) is 0 Å². The summed E-state index contributed by atoms with van der Waals surface area (Å²) in [6.07, 6.45) is 2.96. The van der Waals surface area contributed by atoms with E-state index in [1.807, 2.05) is 13.0 Å². The Hall–Kier alpha value is -2.87. The zero-order valence-electron chi connectivity index (χ0n) is 18.2. The van der Waals surface area contributed by atoms with Crippen LogP contribution in [0.15, 0.2) is 37.4 Å². The van der Waals surface area contributed by atoms with Gasteiger partial charge in [-0.15, -0.1) is 0 Å². The Morgan fingerprint density at radius 3 is 2.55 bits per heavy atom. The standard InChI is InChI=1S/C23H25NO6S/c1-12-8-17-20(21-19(12)16(10-29-21)23(3,4)5)13(2)15(22(26)30-17)9-18(25)24-14-6-7-31(27,28)11-14/h6-8,10,14H,9,11H2,1-5H3,(H,24,25). The van der Waals surface area contributed by atoms with Crippen molar-refractivity contribution in [2.24, 2.45) is 0 Å². The van der Waals surface area contributed by atoms with Gasteiger partial charge in [-0.1, -0.05) is 20.8 Å². The fourth-order valence-corrected chi connectivity index (χ4v) is 5.36. The molecule has 1 amide bonds. The molecule has 0 aliphatic carbocycles. The number of hydrogen-bond acceptors (Lipinski definition) is 6. The minimum atomic E-state index is -3.29. The van der Waals surface area contributed by atoms with Gasteiger partial charge in [0.05, 0.1) is 35.4 Å². The molecule has 1 atom stereocenters. The largest absolute Gasteiger partial charge is 0.463 e. The molecule has 4 rings (SSSR count). The van der Waals surface area contributed by atoms with Gasteiger partial charge in [-0.2, -0.15) is 0 Å². The Kier molecular flexibility index (Phi) is 4.88. The van der Waals surface area contributed by atoms with Crippen molar-refractivity contribution in [3.63, 3.8) is 0 Å². The maximum Gasteiger partial charge on any atom is 0.340 e. The number of aryl methyl sites for hydroxylation is 2. The van der Waals surface area contributed by atoms with Crippen molar-refractivity contribution in [2.75, 3.05) is 5.75 Å². The van der Waals surface area contributed by atoms with Gasteiger partial charge in [0.15, 0.2) is 9.84 Å². The van der Waals surface area contributed by atoms with Crippen molar-refractivity contribution in [1.82, 2.24) is 5.32 Å². The maximum atomic E-state index is 12.7. The van der Waals surface area contributed by atoms with Crippen LogP contribution in [-0.2, 0) is 26.5 Å². The van der Waals surface area contributed by atoms with Crippen molar-refractivity contribution in [3.8, 4) is 0 Å². The molecule has 8 heteroatoms. The molecule has 1 unspecified atom stereocenters. The third-order valence-electron chi connectivity index (χ3n) is 5.70. The van der Waals surface area contributed by atoms with E-state index in [4.69, 9.17) is 8.83 Å². The lowest BCUT2D eigenvalue weighted by molar-refractivity contribution is -0.120. The lowest BCUT2D eigenvalue weighted by Gasteiger charge is -2.17. The number of carbonyl (C=O) groups excluding carboxylic acids is 1. The highest BCUT2D eigenvalue weighted by Gasteiger charge is 2.26. The first-order valence-corrected chi connectivity index (χ1v) is 11.8. The molecule has 1 aliphatic heterocycles. The molecule has 3 aromatic rings. The SMILES string of the molecule is Cc1cc2oc(=O)c(CC(=O)NC3C=CS(=O)(=O)C3)c(C)c2c2occ(C(C)(C)C)c12. The first-order valence-electron chi connectivity index (χ1n) is 10.1. The van der Waals surface area contributed by atoms with E-state index in [1.54, 1.807) is 13.2 Å². The van der Waals surface area contributed by atoms with Gasteiger partial charge in [0.25, 0.3) is 0 Å². The Balaban J connectivity index is 1.78. The van der Waals surface area contributed by atoms with Crippen molar-refractivity contribution in [3.05, 3.63) is 56.5 Å².